The van der Waals surface area contributed by atoms with E-state index in [-0.39, 0.29) is 16.1 Å². The van der Waals surface area contributed by atoms with Gasteiger partial charge in [-0.05, 0) is 18.3 Å². The van der Waals surface area contributed by atoms with Gasteiger partial charge in [0.2, 0.25) is 0 Å². The summed E-state index contributed by atoms with van der Waals surface area (Å²) in [6.07, 6.45) is 1.14. The summed E-state index contributed by atoms with van der Waals surface area (Å²) in [7, 11) is 1.51. The summed E-state index contributed by atoms with van der Waals surface area (Å²) in [6, 6.07) is 1.46. The quantitative estimate of drug-likeness (QED) is 0.872. The summed E-state index contributed by atoms with van der Waals surface area (Å²) in [4.78, 5) is 25.4. The van der Waals surface area contributed by atoms with Crippen LogP contribution in [-0.2, 0) is 11.8 Å². The summed E-state index contributed by atoms with van der Waals surface area (Å²) in [5.74, 6) is -0.877. The van der Waals surface area contributed by atoms with Crippen molar-refractivity contribution in [3.8, 4) is 0 Å². The summed E-state index contributed by atoms with van der Waals surface area (Å²) in [6.45, 7) is 2.61. The first kappa shape index (κ1) is 12.5. The molecule has 1 aromatic heterocycles. The predicted molar refractivity (Wildman–Crippen MR) is 69.5 cm³/mol. The van der Waals surface area contributed by atoms with E-state index < -0.39 is 11.5 Å². The number of aryl methyl sites for hydroxylation is 1. The molecule has 0 atom stereocenters. The minimum Gasteiger partial charge on any atom is -0.479 e. The molecule has 2 bridgehead atoms. The maximum Gasteiger partial charge on any atom is 0.329 e. The second kappa shape index (κ2) is 3.50. The molecule has 7 heteroatoms. The van der Waals surface area contributed by atoms with E-state index in [2.05, 4.69) is 5.10 Å². The van der Waals surface area contributed by atoms with Crippen LogP contribution in [0.4, 0.5) is 5.69 Å². The highest BCUT2D eigenvalue weighted by Crippen LogP contribution is 2.59. The van der Waals surface area contributed by atoms with Crippen molar-refractivity contribution in [2.75, 3.05) is 11.4 Å². The Kier molecular flexibility index (Phi) is 2.30. The highest BCUT2D eigenvalue weighted by molar-refractivity contribution is 6.29. The van der Waals surface area contributed by atoms with Gasteiger partial charge in [-0.15, -0.1) is 0 Å². The SMILES string of the molecule is Cn1nc(Cl)cc(N2CC3(C)CC2(C(=O)O)C3)c1=O. The second-order valence-corrected chi connectivity index (χ2v) is 6.26. The van der Waals surface area contributed by atoms with Crippen LogP contribution < -0.4 is 10.5 Å². The van der Waals surface area contributed by atoms with Crippen LogP contribution in [-0.4, -0.2) is 32.9 Å². The Morgan fingerprint density at radius 1 is 1.53 bits per heavy atom. The average molecular weight is 284 g/mol. The van der Waals surface area contributed by atoms with E-state index in [0.717, 1.165) is 4.68 Å². The van der Waals surface area contributed by atoms with E-state index in [1.165, 1.54) is 13.1 Å². The third-order valence-electron chi connectivity index (χ3n) is 4.20. The molecule has 1 saturated carbocycles. The molecule has 2 saturated heterocycles. The van der Waals surface area contributed by atoms with Gasteiger partial charge in [0.15, 0.2) is 5.15 Å². The van der Waals surface area contributed by atoms with Crippen LogP contribution in [0.15, 0.2) is 10.9 Å². The van der Waals surface area contributed by atoms with Crippen molar-refractivity contribution in [3.63, 3.8) is 0 Å². The van der Waals surface area contributed by atoms with Gasteiger partial charge in [0.25, 0.3) is 5.56 Å². The molecule has 0 spiro atoms. The fourth-order valence-corrected chi connectivity index (χ4v) is 3.75. The van der Waals surface area contributed by atoms with Gasteiger partial charge in [0.1, 0.15) is 11.2 Å². The molecule has 19 heavy (non-hydrogen) atoms. The van der Waals surface area contributed by atoms with Crippen molar-refractivity contribution in [2.45, 2.75) is 25.3 Å². The third kappa shape index (κ3) is 1.52. The Morgan fingerprint density at radius 2 is 2.16 bits per heavy atom. The number of halogens is 1. The molecule has 6 nitrogen and oxygen atoms in total. The largest absolute Gasteiger partial charge is 0.479 e. The second-order valence-electron chi connectivity index (χ2n) is 5.87. The Morgan fingerprint density at radius 3 is 2.74 bits per heavy atom. The fourth-order valence-electron chi connectivity index (χ4n) is 3.53. The van der Waals surface area contributed by atoms with Crippen LogP contribution in [0.1, 0.15) is 19.8 Å². The van der Waals surface area contributed by atoms with Crippen molar-refractivity contribution < 1.29 is 9.90 Å². The zero-order chi connectivity index (χ0) is 14.0. The minimum atomic E-state index is -0.953. The number of hydrogen-bond acceptors (Lipinski definition) is 4. The number of carboxylic acids is 1. The lowest BCUT2D eigenvalue weighted by molar-refractivity contribution is -0.147. The van der Waals surface area contributed by atoms with Crippen LogP contribution in [0.2, 0.25) is 5.15 Å². The van der Waals surface area contributed by atoms with Gasteiger partial charge >= 0.3 is 5.97 Å². The van der Waals surface area contributed by atoms with Crippen molar-refractivity contribution >= 4 is 23.3 Å². The van der Waals surface area contributed by atoms with E-state index in [1.54, 1.807) is 4.90 Å². The molecule has 102 valence electrons. The summed E-state index contributed by atoms with van der Waals surface area (Å²) >= 11 is 5.88. The molecule has 4 rings (SSSR count). The summed E-state index contributed by atoms with van der Waals surface area (Å²) < 4.78 is 1.14. The smallest absolute Gasteiger partial charge is 0.329 e. The Hall–Kier alpha value is -1.56. The molecule has 1 aliphatic carbocycles. The van der Waals surface area contributed by atoms with Gasteiger partial charge in [0.05, 0.1) is 0 Å². The minimum absolute atomic E-state index is 0.0286. The number of aliphatic carboxylic acids is 1. The van der Waals surface area contributed by atoms with Crippen molar-refractivity contribution in [2.24, 2.45) is 12.5 Å². The first-order valence-corrected chi connectivity index (χ1v) is 6.40. The average Bonchev–Trinajstić information content (AvgIpc) is 2.72. The van der Waals surface area contributed by atoms with Crippen molar-refractivity contribution in [3.05, 3.63) is 21.6 Å². The van der Waals surface area contributed by atoms with Gasteiger partial charge in [-0.1, -0.05) is 18.5 Å². The predicted octanol–water partition coefficient (Wildman–Crippen LogP) is 0.877. The van der Waals surface area contributed by atoms with E-state index in [9.17, 15) is 14.7 Å². The number of nitrogens with zero attached hydrogens (tertiary/aromatic N) is 3. The molecule has 1 aromatic rings. The highest BCUT2D eigenvalue weighted by Gasteiger charge is 2.67. The molecular formula is C12H14ClN3O3. The zero-order valence-electron chi connectivity index (χ0n) is 10.7. The van der Waals surface area contributed by atoms with Crippen molar-refractivity contribution in [1.82, 2.24) is 9.78 Å². The molecule has 0 unspecified atom stereocenters. The Bertz CT molecular complexity index is 634. The lowest BCUT2D eigenvalue weighted by Gasteiger charge is -2.43. The topological polar surface area (TPSA) is 75.4 Å². The molecule has 0 aromatic carbocycles. The van der Waals surface area contributed by atoms with Gasteiger partial charge in [-0.3, -0.25) is 4.79 Å². The zero-order valence-corrected chi connectivity index (χ0v) is 11.4. The maximum atomic E-state index is 12.1. The lowest BCUT2D eigenvalue weighted by atomic mass is 9.63. The molecular weight excluding hydrogens is 270 g/mol. The van der Waals surface area contributed by atoms with Crippen LogP contribution in [0.5, 0.6) is 0 Å². The molecule has 0 radical (unpaired) electrons. The molecule has 2 aliphatic heterocycles. The molecule has 1 N–H and O–H groups in total. The molecule has 0 amide bonds. The number of carboxylic acid groups (broad SMARTS) is 1. The molecule has 3 heterocycles. The van der Waals surface area contributed by atoms with Gasteiger partial charge < -0.3 is 10.0 Å². The number of carbonyl (C=O) groups is 1. The van der Waals surface area contributed by atoms with Crippen LogP contribution in [0, 0.1) is 5.41 Å². The first-order valence-electron chi connectivity index (χ1n) is 6.02. The monoisotopic (exact) mass is 283 g/mol. The first-order chi connectivity index (χ1) is 8.77. The van der Waals surface area contributed by atoms with Gasteiger partial charge in [-0.25, -0.2) is 9.48 Å². The van der Waals surface area contributed by atoms with E-state index in [1.807, 2.05) is 6.92 Å². The van der Waals surface area contributed by atoms with Gasteiger partial charge in [-0.2, -0.15) is 5.10 Å². The van der Waals surface area contributed by atoms with E-state index in [4.69, 9.17) is 11.6 Å². The standard InChI is InChI=1S/C12H14ClN3O3/c1-11-4-12(5-11,10(18)19)16(6-11)7-3-8(13)14-15(2)9(7)17/h3H,4-6H2,1-2H3,(H,18,19). The summed E-state index contributed by atoms with van der Waals surface area (Å²) in [5.41, 5.74) is -0.975. The number of hydrogen-bond donors (Lipinski definition) is 1. The van der Waals surface area contributed by atoms with Crippen molar-refractivity contribution in [1.29, 1.82) is 0 Å². The van der Waals surface area contributed by atoms with E-state index in [0.29, 0.717) is 25.1 Å². The fraction of sp³-hybridized carbons (Fsp3) is 0.583. The number of aromatic nitrogens is 2. The van der Waals surface area contributed by atoms with Crippen LogP contribution in [0.25, 0.3) is 0 Å². The maximum absolute atomic E-state index is 12.1. The third-order valence-corrected chi connectivity index (χ3v) is 4.38. The number of rotatable bonds is 2. The highest BCUT2D eigenvalue weighted by atomic mass is 35.5. The normalized spacial score (nSPS) is 32.3. The molecule has 3 fully saturated rings. The van der Waals surface area contributed by atoms with E-state index >= 15 is 0 Å². The van der Waals surface area contributed by atoms with Crippen LogP contribution >= 0.6 is 11.6 Å². The number of fused-ring (bicyclic) bond motifs is 1. The molecule has 3 aliphatic rings. The van der Waals surface area contributed by atoms with Gasteiger partial charge in [0, 0.05) is 19.7 Å². The Balaban J connectivity index is 2.13. The summed E-state index contributed by atoms with van der Waals surface area (Å²) in [5, 5.41) is 13.5. The lowest BCUT2D eigenvalue weighted by Crippen LogP contribution is -2.56. The van der Waals surface area contributed by atoms with Crippen LogP contribution in [0.3, 0.4) is 0 Å². The number of anilines is 1. The Labute approximate surface area is 114 Å².